The van der Waals surface area contributed by atoms with Gasteiger partial charge in [-0.25, -0.2) is 8.42 Å². The van der Waals surface area contributed by atoms with Crippen LogP contribution in [0.15, 0.2) is 21.5 Å². The molecule has 1 fully saturated rings. The maximum absolute atomic E-state index is 12.7. The molecule has 2 N–H and O–H groups in total. The highest BCUT2D eigenvalue weighted by Crippen LogP contribution is 2.35. The van der Waals surface area contributed by atoms with Gasteiger partial charge in [-0.05, 0) is 52.9 Å². The SMILES string of the molecule is CCN(C1CC1)S(=O)(=O)c1cc(CN)cc(C)c1Br. The van der Waals surface area contributed by atoms with E-state index in [1.807, 2.05) is 19.9 Å². The predicted molar refractivity (Wildman–Crippen MR) is 79.4 cm³/mol. The number of aryl methyl sites for hydroxylation is 1. The molecule has 19 heavy (non-hydrogen) atoms. The Morgan fingerprint density at radius 1 is 1.42 bits per heavy atom. The van der Waals surface area contributed by atoms with Gasteiger partial charge in [-0.15, -0.1) is 0 Å². The summed E-state index contributed by atoms with van der Waals surface area (Å²) in [7, 11) is -3.44. The number of nitrogens with zero attached hydrogens (tertiary/aromatic N) is 1. The third-order valence-electron chi connectivity index (χ3n) is 3.37. The van der Waals surface area contributed by atoms with E-state index in [9.17, 15) is 8.42 Å². The van der Waals surface area contributed by atoms with Crippen molar-refractivity contribution in [3.63, 3.8) is 0 Å². The average molecular weight is 347 g/mol. The molecule has 4 nitrogen and oxygen atoms in total. The molecule has 0 radical (unpaired) electrons. The molecular weight excluding hydrogens is 328 g/mol. The van der Waals surface area contributed by atoms with Crippen molar-refractivity contribution in [2.24, 2.45) is 5.73 Å². The van der Waals surface area contributed by atoms with Crippen LogP contribution in [0.2, 0.25) is 0 Å². The molecule has 6 heteroatoms. The van der Waals surface area contributed by atoms with Crippen LogP contribution in [0.5, 0.6) is 0 Å². The molecule has 0 spiro atoms. The first-order valence-corrected chi connectivity index (χ1v) is 8.66. The van der Waals surface area contributed by atoms with Gasteiger partial charge in [-0.1, -0.05) is 13.0 Å². The Bertz CT molecular complexity index is 583. The van der Waals surface area contributed by atoms with E-state index in [1.165, 1.54) is 0 Å². The van der Waals surface area contributed by atoms with Crippen LogP contribution in [0.4, 0.5) is 0 Å². The maximum Gasteiger partial charge on any atom is 0.244 e. The summed E-state index contributed by atoms with van der Waals surface area (Å²) >= 11 is 3.40. The van der Waals surface area contributed by atoms with E-state index in [1.54, 1.807) is 10.4 Å². The summed E-state index contributed by atoms with van der Waals surface area (Å²) in [5.74, 6) is 0. The van der Waals surface area contributed by atoms with Gasteiger partial charge in [0.15, 0.2) is 0 Å². The first-order chi connectivity index (χ1) is 8.91. The molecule has 0 amide bonds. The van der Waals surface area contributed by atoms with Gasteiger partial charge in [-0.2, -0.15) is 4.31 Å². The van der Waals surface area contributed by atoms with Crippen LogP contribution in [0.1, 0.15) is 30.9 Å². The summed E-state index contributed by atoms with van der Waals surface area (Å²) in [4.78, 5) is 0.335. The molecule has 0 saturated heterocycles. The monoisotopic (exact) mass is 346 g/mol. The normalized spacial score (nSPS) is 16.1. The number of hydrogen-bond donors (Lipinski definition) is 1. The highest BCUT2D eigenvalue weighted by molar-refractivity contribution is 9.10. The Kier molecular flexibility index (Phi) is 4.35. The van der Waals surface area contributed by atoms with E-state index in [-0.39, 0.29) is 6.04 Å². The fourth-order valence-corrected chi connectivity index (χ4v) is 4.95. The second-order valence-corrected chi connectivity index (χ2v) is 7.52. The van der Waals surface area contributed by atoms with Crippen molar-refractivity contribution in [1.29, 1.82) is 0 Å². The van der Waals surface area contributed by atoms with Crippen LogP contribution in [0, 0.1) is 6.92 Å². The van der Waals surface area contributed by atoms with Gasteiger partial charge in [-0.3, -0.25) is 0 Å². The van der Waals surface area contributed by atoms with Gasteiger partial charge in [0.05, 0.1) is 4.90 Å². The van der Waals surface area contributed by atoms with E-state index in [2.05, 4.69) is 15.9 Å². The van der Waals surface area contributed by atoms with E-state index in [0.717, 1.165) is 24.0 Å². The number of sulfonamides is 1. The molecule has 1 aliphatic rings. The van der Waals surface area contributed by atoms with E-state index >= 15 is 0 Å². The minimum absolute atomic E-state index is 0.170. The molecular formula is C13H19BrN2O2S. The van der Waals surface area contributed by atoms with Crippen LogP contribution in [0.25, 0.3) is 0 Å². The summed E-state index contributed by atoms with van der Waals surface area (Å²) in [5.41, 5.74) is 7.37. The Morgan fingerprint density at radius 3 is 2.53 bits per heavy atom. The van der Waals surface area contributed by atoms with Crippen LogP contribution in [-0.2, 0) is 16.6 Å². The maximum atomic E-state index is 12.7. The molecule has 2 rings (SSSR count). The van der Waals surface area contributed by atoms with Gasteiger partial charge in [0.1, 0.15) is 0 Å². The Morgan fingerprint density at radius 2 is 2.05 bits per heavy atom. The van der Waals surface area contributed by atoms with E-state index in [0.29, 0.717) is 22.5 Å². The van der Waals surface area contributed by atoms with Crippen molar-refractivity contribution in [1.82, 2.24) is 4.31 Å². The Labute approximate surface area is 123 Å². The van der Waals surface area contributed by atoms with Crippen molar-refractivity contribution >= 4 is 26.0 Å². The van der Waals surface area contributed by atoms with Gasteiger partial charge in [0.25, 0.3) is 0 Å². The second kappa shape index (κ2) is 5.52. The van der Waals surface area contributed by atoms with Crippen molar-refractivity contribution in [2.45, 2.75) is 44.2 Å². The smallest absolute Gasteiger partial charge is 0.244 e. The largest absolute Gasteiger partial charge is 0.326 e. The third-order valence-corrected chi connectivity index (χ3v) is 6.74. The number of halogens is 1. The molecule has 1 aromatic carbocycles. The fraction of sp³-hybridized carbons (Fsp3) is 0.538. The van der Waals surface area contributed by atoms with Crippen molar-refractivity contribution in [3.8, 4) is 0 Å². The lowest BCUT2D eigenvalue weighted by atomic mass is 10.1. The molecule has 0 atom stereocenters. The van der Waals surface area contributed by atoms with Crippen LogP contribution >= 0.6 is 15.9 Å². The van der Waals surface area contributed by atoms with Gasteiger partial charge >= 0.3 is 0 Å². The summed E-state index contributed by atoms with van der Waals surface area (Å²) in [6.07, 6.45) is 1.92. The van der Waals surface area contributed by atoms with Crippen molar-refractivity contribution in [2.75, 3.05) is 6.54 Å². The lowest BCUT2D eigenvalue weighted by Gasteiger charge is -2.21. The molecule has 0 unspecified atom stereocenters. The minimum atomic E-state index is -3.44. The minimum Gasteiger partial charge on any atom is -0.326 e. The van der Waals surface area contributed by atoms with Gasteiger partial charge in [0, 0.05) is 23.6 Å². The zero-order valence-corrected chi connectivity index (χ0v) is 13.6. The Balaban J connectivity index is 2.53. The van der Waals surface area contributed by atoms with Crippen LogP contribution in [-0.4, -0.2) is 25.3 Å². The van der Waals surface area contributed by atoms with Crippen molar-refractivity contribution < 1.29 is 8.42 Å². The fourth-order valence-electron chi connectivity index (χ4n) is 2.23. The number of hydrogen-bond acceptors (Lipinski definition) is 3. The third kappa shape index (κ3) is 2.86. The lowest BCUT2D eigenvalue weighted by Crippen LogP contribution is -2.33. The number of nitrogens with two attached hydrogens (primary N) is 1. The zero-order chi connectivity index (χ0) is 14.2. The Hall–Kier alpha value is -0.430. The molecule has 1 saturated carbocycles. The van der Waals surface area contributed by atoms with Crippen LogP contribution < -0.4 is 5.73 Å². The molecule has 106 valence electrons. The summed E-state index contributed by atoms with van der Waals surface area (Å²) in [6, 6.07) is 3.76. The van der Waals surface area contributed by atoms with Gasteiger partial charge in [0.2, 0.25) is 10.0 Å². The number of rotatable bonds is 5. The predicted octanol–water partition coefficient (Wildman–Crippen LogP) is 2.39. The molecule has 0 bridgehead atoms. The molecule has 1 aliphatic carbocycles. The highest BCUT2D eigenvalue weighted by atomic mass is 79.9. The van der Waals surface area contributed by atoms with Crippen LogP contribution in [0.3, 0.4) is 0 Å². The van der Waals surface area contributed by atoms with Gasteiger partial charge < -0.3 is 5.73 Å². The first-order valence-electron chi connectivity index (χ1n) is 6.42. The second-order valence-electron chi connectivity index (χ2n) is 4.87. The molecule has 0 aromatic heterocycles. The highest BCUT2D eigenvalue weighted by Gasteiger charge is 2.37. The molecule has 0 heterocycles. The van der Waals surface area contributed by atoms with Crippen molar-refractivity contribution in [3.05, 3.63) is 27.7 Å². The average Bonchev–Trinajstić information content (AvgIpc) is 3.17. The molecule has 0 aliphatic heterocycles. The lowest BCUT2D eigenvalue weighted by molar-refractivity contribution is 0.420. The summed E-state index contributed by atoms with van der Waals surface area (Å²) in [6.45, 7) is 4.61. The summed E-state index contributed by atoms with van der Waals surface area (Å²) < 4.78 is 27.7. The topological polar surface area (TPSA) is 63.4 Å². The quantitative estimate of drug-likeness (QED) is 0.890. The molecule has 1 aromatic rings. The summed E-state index contributed by atoms with van der Waals surface area (Å²) in [5, 5.41) is 0. The number of benzene rings is 1. The standard InChI is InChI=1S/C13H19BrN2O2S/c1-3-16(11-4-5-11)19(17,18)12-7-10(8-15)6-9(2)13(12)14/h6-7,11H,3-5,8,15H2,1-2H3. The first kappa shape index (κ1) is 15.0. The zero-order valence-electron chi connectivity index (χ0n) is 11.2. The van der Waals surface area contributed by atoms with E-state index in [4.69, 9.17) is 5.73 Å². The van der Waals surface area contributed by atoms with E-state index < -0.39 is 10.0 Å².